The van der Waals surface area contributed by atoms with Gasteiger partial charge in [0.05, 0.1) is 6.54 Å². The largest absolute Gasteiger partial charge is 0.329 e. The van der Waals surface area contributed by atoms with Gasteiger partial charge in [0.1, 0.15) is 11.6 Å². The van der Waals surface area contributed by atoms with Crippen molar-refractivity contribution < 1.29 is 4.39 Å². The molecule has 102 valence electrons. The summed E-state index contributed by atoms with van der Waals surface area (Å²) in [5.74, 6) is 1.40. The molecular formula is C15H20FN3. The molecule has 0 saturated heterocycles. The van der Waals surface area contributed by atoms with Crippen LogP contribution in [0.15, 0.2) is 36.7 Å². The number of benzene rings is 1. The van der Waals surface area contributed by atoms with Gasteiger partial charge in [0, 0.05) is 18.9 Å². The second-order valence-electron chi connectivity index (χ2n) is 5.13. The first kappa shape index (κ1) is 13.7. The van der Waals surface area contributed by atoms with Crippen molar-refractivity contribution in [1.29, 1.82) is 0 Å². The third-order valence-electron chi connectivity index (χ3n) is 2.88. The highest BCUT2D eigenvalue weighted by Crippen LogP contribution is 2.08. The second-order valence-corrected chi connectivity index (χ2v) is 5.13. The molecule has 0 fully saturated rings. The molecule has 19 heavy (non-hydrogen) atoms. The molecule has 0 aliphatic heterocycles. The Morgan fingerprint density at radius 3 is 2.95 bits per heavy atom. The van der Waals surface area contributed by atoms with Crippen LogP contribution in [0.3, 0.4) is 0 Å². The maximum Gasteiger partial charge on any atom is 0.123 e. The fourth-order valence-corrected chi connectivity index (χ4v) is 1.96. The lowest BCUT2D eigenvalue weighted by Crippen LogP contribution is -2.21. The molecule has 1 N–H and O–H groups in total. The van der Waals surface area contributed by atoms with Gasteiger partial charge in [0.25, 0.3) is 0 Å². The molecule has 1 aromatic carbocycles. The molecule has 0 aliphatic carbocycles. The molecule has 1 aromatic heterocycles. The Morgan fingerprint density at radius 1 is 1.37 bits per heavy atom. The topological polar surface area (TPSA) is 29.9 Å². The predicted octanol–water partition coefficient (Wildman–Crippen LogP) is 2.82. The number of rotatable bonds is 6. The number of hydrogen-bond acceptors (Lipinski definition) is 2. The Morgan fingerprint density at radius 2 is 2.21 bits per heavy atom. The molecule has 0 amide bonds. The van der Waals surface area contributed by atoms with Crippen LogP contribution in [0.2, 0.25) is 0 Å². The molecular weight excluding hydrogens is 241 g/mol. The Labute approximate surface area is 113 Å². The number of nitrogens with zero attached hydrogens (tertiary/aromatic N) is 2. The molecule has 0 radical (unpaired) electrons. The third-order valence-corrected chi connectivity index (χ3v) is 2.88. The molecule has 2 aromatic rings. The van der Waals surface area contributed by atoms with Crippen molar-refractivity contribution in [1.82, 2.24) is 14.9 Å². The Hall–Kier alpha value is -1.68. The molecule has 0 unspecified atom stereocenters. The van der Waals surface area contributed by atoms with Gasteiger partial charge in [0.2, 0.25) is 0 Å². The van der Waals surface area contributed by atoms with E-state index in [-0.39, 0.29) is 5.82 Å². The van der Waals surface area contributed by atoms with Crippen LogP contribution in [0.4, 0.5) is 4.39 Å². The van der Waals surface area contributed by atoms with Crippen molar-refractivity contribution in [3.63, 3.8) is 0 Å². The zero-order valence-corrected chi connectivity index (χ0v) is 11.4. The van der Waals surface area contributed by atoms with Crippen LogP contribution >= 0.6 is 0 Å². The van der Waals surface area contributed by atoms with Crippen molar-refractivity contribution in [2.45, 2.75) is 26.9 Å². The first-order valence-electron chi connectivity index (χ1n) is 6.60. The Bertz CT molecular complexity index is 520. The first-order valence-corrected chi connectivity index (χ1v) is 6.60. The van der Waals surface area contributed by atoms with Crippen molar-refractivity contribution in [3.05, 3.63) is 53.9 Å². The van der Waals surface area contributed by atoms with Crippen LogP contribution < -0.4 is 5.32 Å². The van der Waals surface area contributed by atoms with Gasteiger partial charge in [-0.1, -0.05) is 26.0 Å². The third kappa shape index (κ3) is 4.17. The minimum Gasteiger partial charge on any atom is -0.329 e. The summed E-state index contributed by atoms with van der Waals surface area (Å²) in [6.45, 7) is 6.70. The molecule has 2 rings (SSSR count). The maximum atomic E-state index is 13.2. The van der Waals surface area contributed by atoms with Gasteiger partial charge in [-0.3, -0.25) is 0 Å². The monoisotopic (exact) mass is 261 g/mol. The lowest BCUT2D eigenvalue weighted by atomic mass is 10.2. The quantitative estimate of drug-likeness (QED) is 0.866. The highest BCUT2D eigenvalue weighted by Gasteiger charge is 2.04. The van der Waals surface area contributed by atoms with Gasteiger partial charge < -0.3 is 9.88 Å². The van der Waals surface area contributed by atoms with E-state index in [4.69, 9.17) is 0 Å². The highest BCUT2D eigenvalue weighted by atomic mass is 19.1. The van der Waals surface area contributed by atoms with Crippen LogP contribution in [0.5, 0.6) is 0 Å². The number of imidazole rings is 1. The number of hydrogen-bond donors (Lipinski definition) is 1. The van der Waals surface area contributed by atoms with E-state index >= 15 is 0 Å². The Balaban J connectivity index is 1.99. The van der Waals surface area contributed by atoms with Gasteiger partial charge in [0.15, 0.2) is 0 Å². The lowest BCUT2D eigenvalue weighted by Gasteiger charge is -2.10. The number of halogens is 1. The normalized spacial score (nSPS) is 11.2. The first-order chi connectivity index (χ1) is 9.15. The summed E-state index contributed by atoms with van der Waals surface area (Å²) in [6.07, 6.45) is 3.71. The molecule has 3 nitrogen and oxygen atoms in total. The summed E-state index contributed by atoms with van der Waals surface area (Å²) in [5, 5.41) is 3.37. The summed E-state index contributed by atoms with van der Waals surface area (Å²) in [7, 11) is 0. The molecule has 0 spiro atoms. The van der Waals surface area contributed by atoms with E-state index in [1.165, 1.54) is 6.07 Å². The summed E-state index contributed by atoms with van der Waals surface area (Å²) in [6, 6.07) is 6.68. The van der Waals surface area contributed by atoms with E-state index in [0.717, 1.165) is 24.5 Å². The maximum absolute atomic E-state index is 13.2. The zero-order valence-electron chi connectivity index (χ0n) is 11.4. The van der Waals surface area contributed by atoms with Gasteiger partial charge in [-0.25, -0.2) is 9.37 Å². The van der Waals surface area contributed by atoms with Gasteiger partial charge >= 0.3 is 0 Å². The van der Waals surface area contributed by atoms with Crippen molar-refractivity contribution in [2.24, 2.45) is 5.92 Å². The fraction of sp³-hybridized carbons (Fsp3) is 0.400. The van der Waals surface area contributed by atoms with E-state index in [1.54, 1.807) is 18.3 Å². The minimum absolute atomic E-state index is 0.197. The zero-order chi connectivity index (χ0) is 13.7. The van der Waals surface area contributed by atoms with Crippen LogP contribution in [-0.2, 0) is 13.1 Å². The predicted molar refractivity (Wildman–Crippen MR) is 74.3 cm³/mol. The molecule has 0 bridgehead atoms. The van der Waals surface area contributed by atoms with Crippen molar-refractivity contribution >= 4 is 0 Å². The summed E-state index contributed by atoms with van der Waals surface area (Å²) >= 11 is 0. The summed E-state index contributed by atoms with van der Waals surface area (Å²) in [4.78, 5) is 4.34. The second kappa shape index (κ2) is 6.48. The smallest absolute Gasteiger partial charge is 0.123 e. The van der Waals surface area contributed by atoms with E-state index in [9.17, 15) is 4.39 Å². The van der Waals surface area contributed by atoms with Gasteiger partial charge in [-0.2, -0.15) is 0 Å². The van der Waals surface area contributed by atoms with Crippen molar-refractivity contribution in [2.75, 3.05) is 6.54 Å². The summed E-state index contributed by atoms with van der Waals surface area (Å²) in [5.41, 5.74) is 0.947. The summed E-state index contributed by atoms with van der Waals surface area (Å²) < 4.78 is 15.2. The van der Waals surface area contributed by atoms with Crippen LogP contribution in [-0.4, -0.2) is 16.1 Å². The van der Waals surface area contributed by atoms with Crippen molar-refractivity contribution in [3.8, 4) is 0 Å². The minimum atomic E-state index is -0.197. The van der Waals surface area contributed by atoms with Crippen LogP contribution in [0.25, 0.3) is 0 Å². The average Bonchev–Trinajstić information content (AvgIpc) is 2.76. The lowest BCUT2D eigenvalue weighted by molar-refractivity contribution is 0.532. The van der Waals surface area contributed by atoms with Gasteiger partial charge in [-0.05, 0) is 30.2 Å². The molecule has 0 saturated carbocycles. The molecule has 0 atom stereocenters. The fourth-order valence-electron chi connectivity index (χ4n) is 1.96. The van der Waals surface area contributed by atoms with Gasteiger partial charge in [-0.15, -0.1) is 0 Å². The average molecular weight is 261 g/mol. The molecule has 1 heterocycles. The SMILES string of the molecule is CC(C)CNCc1nccn1Cc1cccc(F)c1. The van der Waals surface area contributed by atoms with Crippen LogP contribution in [0, 0.1) is 11.7 Å². The van der Waals surface area contributed by atoms with Crippen LogP contribution in [0.1, 0.15) is 25.2 Å². The van der Waals surface area contributed by atoms with E-state index in [1.807, 2.05) is 16.8 Å². The number of aromatic nitrogens is 2. The molecule has 4 heteroatoms. The van der Waals surface area contributed by atoms with E-state index in [2.05, 4.69) is 24.1 Å². The standard InChI is InChI=1S/C15H20FN3/c1-12(2)9-17-10-15-18-6-7-19(15)11-13-4-3-5-14(16)8-13/h3-8,12,17H,9-11H2,1-2H3. The molecule has 0 aliphatic rings. The van der Waals surface area contributed by atoms with E-state index in [0.29, 0.717) is 12.5 Å². The Kier molecular flexibility index (Phi) is 4.68. The highest BCUT2D eigenvalue weighted by molar-refractivity contribution is 5.17. The van der Waals surface area contributed by atoms with E-state index < -0.39 is 0 Å². The number of nitrogens with one attached hydrogen (secondary N) is 1.